The van der Waals surface area contributed by atoms with Crippen LogP contribution in [0.15, 0.2) is 15.9 Å². The van der Waals surface area contributed by atoms with Crippen LogP contribution in [0, 0.1) is 5.41 Å². The Balaban J connectivity index is 2.27. The number of imidazole rings is 1. The summed E-state index contributed by atoms with van der Waals surface area (Å²) < 4.78 is 8.75. The summed E-state index contributed by atoms with van der Waals surface area (Å²) in [5.74, 6) is -0.556. The molecule has 0 aromatic carbocycles. The SMILES string of the molecule is CC(=N)CC(=O)OCCn1c(=O)c2c(ncn2C)n(C)c1=O. The van der Waals surface area contributed by atoms with E-state index in [4.69, 9.17) is 10.1 Å². The van der Waals surface area contributed by atoms with Crippen LogP contribution in [-0.2, 0) is 30.2 Å². The molecule has 0 fully saturated rings. The molecule has 0 spiro atoms. The zero-order chi connectivity index (χ0) is 16.4. The van der Waals surface area contributed by atoms with Crippen molar-refractivity contribution in [1.29, 1.82) is 5.41 Å². The fourth-order valence-electron chi connectivity index (χ4n) is 2.11. The van der Waals surface area contributed by atoms with Gasteiger partial charge in [0.2, 0.25) is 0 Å². The molecule has 0 bridgehead atoms. The molecule has 0 atom stereocenters. The van der Waals surface area contributed by atoms with Gasteiger partial charge < -0.3 is 14.7 Å². The number of carbonyl (C=O) groups is 1. The molecule has 0 aliphatic rings. The molecular formula is C13H17N5O4. The molecule has 0 radical (unpaired) electrons. The van der Waals surface area contributed by atoms with E-state index in [1.54, 1.807) is 7.05 Å². The molecule has 0 aliphatic carbocycles. The number of hydrogen-bond donors (Lipinski definition) is 1. The quantitative estimate of drug-likeness (QED) is 0.586. The predicted molar refractivity (Wildman–Crippen MR) is 79.2 cm³/mol. The highest BCUT2D eigenvalue weighted by Crippen LogP contribution is 2.02. The van der Waals surface area contributed by atoms with Crippen LogP contribution in [0.5, 0.6) is 0 Å². The minimum Gasteiger partial charge on any atom is -0.463 e. The summed E-state index contributed by atoms with van der Waals surface area (Å²) in [5.41, 5.74) is -0.184. The van der Waals surface area contributed by atoms with E-state index >= 15 is 0 Å². The van der Waals surface area contributed by atoms with E-state index in [2.05, 4.69) is 4.98 Å². The maximum absolute atomic E-state index is 12.4. The fraction of sp³-hybridized carbons (Fsp3) is 0.462. The smallest absolute Gasteiger partial charge is 0.332 e. The first-order valence-electron chi connectivity index (χ1n) is 6.63. The number of esters is 1. The van der Waals surface area contributed by atoms with Crippen molar-refractivity contribution in [3.63, 3.8) is 0 Å². The molecule has 118 valence electrons. The Morgan fingerprint density at radius 1 is 1.36 bits per heavy atom. The van der Waals surface area contributed by atoms with Crippen LogP contribution >= 0.6 is 0 Å². The molecule has 1 N–H and O–H groups in total. The molecule has 0 saturated heterocycles. The number of aryl methyl sites for hydroxylation is 2. The minimum absolute atomic E-state index is 0.0462. The van der Waals surface area contributed by atoms with Crippen molar-refractivity contribution in [3.05, 3.63) is 27.2 Å². The summed E-state index contributed by atoms with van der Waals surface area (Å²) in [7, 11) is 3.19. The molecule has 0 saturated carbocycles. The van der Waals surface area contributed by atoms with Gasteiger partial charge in [-0.05, 0) is 6.92 Å². The van der Waals surface area contributed by atoms with Crippen molar-refractivity contribution in [2.45, 2.75) is 19.9 Å². The largest absolute Gasteiger partial charge is 0.463 e. The number of fused-ring (bicyclic) bond motifs is 1. The van der Waals surface area contributed by atoms with Crippen molar-refractivity contribution in [1.82, 2.24) is 18.7 Å². The zero-order valence-corrected chi connectivity index (χ0v) is 12.6. The van der Waals surface area contributed by atoms with Gasteiger partial charge in [-0.1, -0.05) is 0 Å². The van der Waals surface area contributed by atoms with Gasteiger partial charge in [-0.2, -0.15) is 0 Å². The van der Waals surface area contributed by atoms with Gasteiger partial charge in [0.05, 0.1) is 19.3 Å². The van der Waals surface area contributed by atoms with Gasteiger partial charge in [-0.25, -0.2) is 9.78 Å². The van der Waals surface area contributed by atoms with Crippen molar-refractivity contribution in [3.8, 4) is 0 Å². The van der Waals surface area contributed by atoms with Crippen LogP contribution in [0.1, 0.15) is 13.3 Å². The fourth-order valence-corrected chi connectivity index (χ4v) is 2.11. The third-order valence-electron chi connectivity index (χ3n) is 3.19. The Morgan fingerprint density at radius 2 is 2.05 bits per heavy atom. The van der Waals surface area contributed by atoms with Gasteiger partial charge in [0.25, 0.3) is 5.56 Å². The highest BCUT2D eigenvalue weighted by atomic mass is 16.5. The molecule has 22 heavy (non-hydrogen) atoms. The average Bonchev–Trinajstić information content (AvgIpc) is 2.81. The summed E-state index contributed by atoms with van der Waals surface area (Å²) >= 11 is 0. The van der Waals surface area contributed by atoms with E-state index in [9.17, 15) is 14.4 Å². The Kier molecular flexibility index (Phi) is 4.25. The molecule has 2 rings (SSSR count). The second kappa shape index (κ2) is 5.96. The van der Waals surface area contributed by atoms with Crippen LogP contribution in [0.2, 0.25) is 0 Å². The zero-order valence-electron chi connectivity index (χ0n) is 12.6. The summed E-state index contributed by atoms with van der Waals surface area (Å²) in [6, 6.07) is 0. The van der Waals surface area contributed by atoms with Gasteiger partial charge >= 0.3 is 11.7 Å². The predicted octanol–water partition coefficient (Wildman–Crippen LogP) is -0.593. The normalized spacial score (nSPS) is 10.9. The number of nitrogens with zero attached hydrogens (tertiary/aromatic N) is 4. The summed E-state index contributed by atoms with van der Waals surface area (Å²) in [6.45, 7) is 1.35. The average molecular weight is 307 g/mol. The number of aromatic nitrogens is 4. The Hall–Kier alpha value is -2.71. The van der Waals surface area contributed by atoms with Crippen LogP contribution < -0.4 is 11.2 Å². The van der Waals surface area contributed by atoms with Crippen molar-refractivity contribution in [2.24, 2.45) is 14.1 Å². The van der Waals surface area contributed by atoms with Crippen LogP contribution in [0.25, 0.3) is 11.2 Å². The number of rotatable bonds is 5. The summed E-state index contributed by atoms with van der Waals surface area (Å²) in [4.78, 5) is 39.9. The van der Waals surface area contributed by atoms with E-state index < -0.39 is 17.2 Å². The lowest BCUT2D eigenvalue weighted by atomic mass is 10.3. The first-order chi connectivity index (χ1) is 10.3. The monoisotopic (exact) mass is 307 g/mol. The maximum Gasteiger partial charge on any atom is 0.332 e. The molecule has 2 heterocycles. The van der Waals surface area contributed by atoms with Crippen LogP contribution in [0.3, 0.4) is 0 Å². The molecule has 0 aliphatic heterocycles. The van der Waals surface area contributed by atoms with Gasteiger partial charge in [-0.15, -0.1) is 0 Å². The molecule has 0 amide bonds. The van der Waals surface area contributed by atoms with Crippen molar-refractivity contribution < 1.29 is 9.53 Å². The number of ether oxygens (including phenoxy) is 1. The number of hydrogen-bond acceptors (Lipinski definition) is 6. The van der Waals surface area contributed by atoms with Crippen molar-refractivity contribution in [2.75, 3.05) is 6.61 Å². The molecule has 2 aromatic heterocycles. The second-order valence-electron chi connectivity index (χ2n) is 5.00. The molecule has 9 nitrogen and oxygen atoms in total. The highest BCUT2D eigenvalue weighted by molar-refractivity contribution is 5.95. The standard InChI is InChI=1S/C13H17N5O4/c1-8(14)6-9(19)22-5-4-18-12(20)10-11(15-7-16(10)2)17(3)13(18)21/h7,14H,4-6H2,1-3H3. The van der Waals surface area contributed by atoms with Gasteiger partial charge in [0.1, 0.15) is 6.61 Å². The summed E-state index contributed by atoms with van der Waals surface area (Å²) in [6.07, 6.45) is 1.36. The van der Waals surface area contributed by atoms with Crippen LogP contribution in [0.4, 0.5) is 0 Å². The van der Waals surface area contributed by atoms with E-state index in [1.165, 1.54) is 29.4 Å². The van der Waals surface area contributed by atoms with Gasteiger partial charge in [0.15, 0.2) is 11.2 Å². The van der Waals surface area contributed by atoms with Crippen LogP contribution in [-0.4, -0.2) is 37.0 Å². The lowest BCUT2D eigenvalue weighted by Gasteiger charge is -2.09. The van der Waals surface area contributed by atoms with E-state index in [1.807, 2.05) is 0 Å². The highest BCUT2D eigenvalue weighted by Gasteiger charge is 2.15. The maximum atomic E-state index is 12.4. The Labute approximate surface area is 125 Å². The topological polar surface area (TPSA) is 112 Å². The lowest BCUT2D eigenvalue weighted by molar-refractivity contribution is -0.142. The van der Waals surface area contributed by atoms with E-state index in [-0.39, 0.29) is 25.3 Å². The van der Waals surface area contributed by atoms with E-state index in [0.717, 1.165) is 4.57 Å². The first-order valence-corrected chi connectivity index (χ1v) is 6.63. The lowest BCUT2D eigenvalue weighted by Crippen LogP contribution is -2.40. The molecule has 9 heteroatoms. The second-order valence-corrected chi connectivity index (χ2v) is 5.00. The number of nitrogens with one attached hydrogen (secondary N) is 1. The third-order valence-corrected chi connectivity index (χ3v) is 3.19. The molecular weight excluding hydrogens is 290 g/mol. The number of carbonyl (C=O) groups excluding carboxylic acids is 1. The Morgan fingerprint density at radius 3 is 2.68 bits per heavy atom. The van der Waals surface area contributed by atoms with Gasteiger partial charge in [-0.3, -0.25) is 18.7 Å². The minimum atomic E-state index is -0.556. The third kappa shape index (κ3) is 2.83. The molecule has 2 aromatic rings. The van der Waals surface area contributed by atoms with Crippen molar-refractivity contribution >= 4 is 22.8 Å². The summed E-state index contributed by atoms with van der Waals surface area (Å²) in [5, 5.41) is 7.20. The van der Waals surface area contributed by atoms with Gasteiger partial charge in [0, 0.05) is 19.8 Å². The first kappa shape index (κ1) is 15.7. The van der Waals surface area contributed by atoms with E-state index in [0.29, 0.717) is 11.2 Å². The molecule has 0 unspecified atom stereocenters. The Bertz CT molecular complexity index is 858.